The van der Waals surface area contributed by atoms with Crippen molar-refractivity contribution in [2.24, 2.45) is 0 Å². The summed E-state index contributed by atoms with van der Waals surface area (Å²) >= 11 is 12.3. The zero-order valence-corrected chi connectivity index (χ0v) is 16.0. The van der Waals surface area contributed by atoms with Gasteiger partial charge in [0.25, 0.3) is 10.2 Å². The van der Waals surface area contributed by atoms with Crippen molar-refractivity contribution in [3.8, 4) is 0 Å². The molecule has 2 aliphatic heterocycles. The lowest BCUT2D eigenvalue weighted by Crippen LogP contribution is -2.53. The van der Waals surface area contributed by atoms with Gasteiger partial charge in [-0.05, 0) is 31.0 Å². The number of piperazine rings is 1. The third-order valence-electron chi connectivity index (χ3n) is 4.71. The van der Waals surface area contributed by atoms with Crippen LogP contribution in [0.2, 0.25) is 10.0 Å². The van der Waals surface area contributed by atoms with Crippen LogP contribution in [0.15, 0.2) is 18.2 Å². The van der Waals surface area contributed by atoms with Gasteiger partial charge in [-0.3, -0.25) is 0 Å². The normalized spacial score (nSPS) is 21.7. The Morgan fingerprint density at radius 3 is 2.00 bits per heavy atom. The van der Waals surface area contributed by atoms with Crippen molar-refractivity contribution < 1.29 is 8.42 Å². The van der Waals surface area contributed by atoms with Gasteiger partial charge in [0, 0.05) is 44.3 Å². The molecule has 0 N–H and O–H groups in total. The van der Waals surface area contributed by atoms with Crippen molar-refractivity contribution in [3.05, 3.63) is 28.2 Å². The van der Waals surface area contributed by atoms with Gasteiger partial charge in [0.2, 0.25) is 0 Å². The largest absolute Gasteiger partial charge is 0.368 e. The van der Waals surface area contributed by atoms with Crippen molar-refractivity contribution in [1.29, 1.82) is 0 Å². The van der Waals surface area contributed by atoms with E-state index >= 15 is 0 Å². The molecular formula is C16H23Cl2N3O2S. The van der Waals surface area contributed by atoms with Crippen molar-refractivity contribution in [3.63, 3.8) is 0 Å². The summed E-state index contributed by atoms with van der Waals surface area (Å²) in [6.45, 7) is 3.47. The lowest BCUT2D eigenvalue weighted by Gasteiger charge is -2.37. The topological polar surface area (TPSA) is 43.9 Å². The minimum Gasteiger partial charge on any atom is -0.368 e. The van der Waals surface area contributed by atoms with E-state index < -0.39 is 10.2 Å². The quantitative estimate of drug-likeness (QED) is 0.793. The molecule has 1 aromatic rings. The molecule has 0 spiro atoms. The third kappa shape index (κ3) is 3.99. The number of halogens is 2. The van der Waals surface area contributed by atoms with Crippen LogP contribution in [-0.4, -0.2) is 56.3 Å². The van der Waals surface area contributed by atoms with E-state index in [9.17, 15) is 8.42 Å². The Morgan fingerprint density at radius 2 is 1.38 bits per heavy atom. The van der Waals surface area contributed by atoms with Gasteiger partial charge >= 0.3 is 0 Å². The first-order valence-electron chi connectivity index (χ1n) is 8.44. The molecule has 0 atom stereocenters. The van der Waals surface area contributed by atoms with Crippen molar-refractivity contribution in [2.45, 2.75) is 25.7 Å². The standard InChI is InChI=1S/C16H23Cl2N3O2S/c17-14-5-6-15(18)16(13-14)19-9-11-21(12-10-19)24(22,23)20-7-3-1-2-4-8-20/h5-6,13H,1-4,7-12H2. The predicted molar refractivity (Wildman–Crippen MR) is 99.2 cm³/mol. The zero-order chi connectivity index (χ0) is 17.2. The number of hydrogen-bond donors (Lipinski definition) is 0. The van der Waals surface area contributed by atoms with Gasteiger partial charge in [-0.2, -0.15) is 17.0 Å². The molecule has 1 aromatic carbocycles. The van der Waals surface area contributed by atoms with Gasteiger partial charge in [0.05, 0.1) is 10.7 Å². The Bertz CT molecular complexity index is 668. The van der Waals surface area contributed by atoms with E-state index in [0.29, 0.717) is 49.3 Å². The van der Waals surface area contributed by atoms with E-state index in [1.165, 1.54) is 0 Å². The lowest BCUT2D eigenvalue weighted by molar-refractivity contribution is 0.327. The van der Waals surface area contributed by atoms with Crippen molar-refractivity contribution in [1.82, 2.24) is 8.61 Å². The van der Waals surface area contributed by atoms with Crippen LogP contribution in [0, 0.1) is 0 Å². The molecule has 24 heavy (non-hydrogen) atoms. The molecule has 2 saturated heterocycles. The van der Waals surface area contributed by atoms with E-state index in [-0.39, 0.29) is 0 Å². The fourth-order valence-electron chi connectivity index (χ4n) is 3.32. The third-order valence-corrected chi connectivity index (χ3v) is 7.30. The second kappa shape index (κ2) is 7.79. The van der Waals surface area contributed by atoms with E-state index in [1.54, 1.807) is 20.7 Å². The second-order valence-corrected chi connectivity index (χ2v) is 9.07. The maximum atomic E-state index is 12.8. The van der Waals surface area contributed by atoms with Crippen LogP contribution in [0.1, 0.15) is 25.7 Å². The first-order valence-corrected chi connectivity index (χ1v) is 10.6. The van der Waals surface area contributed by atoms with Crippen LogP contribution in [0.5, 0.6) is 0 Å². The SMILES string of the molecule is O=S(=O)(N1CCCCCC1)N1CCN(c2cc(Cl)ccc2Cl)CC1. The number of hydrogen-bond acceptors (Lipinski definition) is 3. The first-order chi connectivity index (χ1) is 11.5. The smallest absolute Gasteiger partial charge is 0.282 e. The molecule has 0 bridgehead atoms. The molecule has 0 amide bonds. The van der Waals surface area contributed by atoms with Crippen LogP contribution in [-0.2, 0) is 10.2 Å². The van der Waals surface area contributed by atoms with Crippen LogP contribution >= 0.6 is 23.2 Å². The molecule has 2 fully saturated rings. The van der Waals surface area contributed by atoms with Gasteiger partial charge in [0.15, 0.2) is 0 Å². The molecule has 0 aliphatic carbocycles. The first kappa shape index (κ1) is 18.3. The summed E-state index contributed by atoms with van der Waals surface area (Å²) in [5.74, 6) is 0. The van der Waals surface area contributed by atoms with Crippen molar-refractivity contribution >= 4 is 39.1 Å². The summed E-state index contributed by atoms with van der Waals surface area (Å²) < 4.78 is 28.9. The Labute approximate surface area is 154 Å². The summed E-state index contributed by atoms with van der Waals surface area (Å²) in [5.41, 5.74) is 0.871. The molecule has 3 rings (SSSR count). The fourth-order valence-corrected chi connectivity index (χ4v) is 5.40. The van der Waals surface area contributed by atoms with Crippen LogP contribution < -0.4 is 4.90 Å². The maximum absolute atomic E-state index is 12.8. The van der Waals surface area contributed by atoms with Crippen LogP contribution in [0.4, 0.5) is 5.69 Å². The summed E-state index contributed by atoms with van der Waals surface area (Å²) in [6, 6.07) is 5.37. The summed E-state index contributed by atoms with van der Waals surface area (Å²) in [4.78, 5) is 2.10. The highest BCUT2D eigenvalue weighted by molar-refractivity contribution is 7.86. The highest BCUT2D eigenvalue weighted by atomic mass is 35.5. The van der Waals surface area contributed by atoms with E-state index in [2.05, 4.69) is 4.90 Å². The van der Waals surface area contributed by atoms with Gasteiger partial charge in [-0.15, -0.1) is 0 Å². The van der Waals surface area contributed by atoms with Crippen molar-refractivity contribution in [2.75, 3.05) is 44.2 Å². The van der Waals surface area contributed by atoms with Crippen LogP contribution in [0.25, 0.3) is 0 Å². The summed E-state index contributed by atoms with van der Waals surface area (Å²) in [5, 5.41) is 1.28. The average Bonchev–Trinajstić information content (AvgIpc) is 2.87. The predicted octanol–water partition coefficient (Wildman–Crippen LogP) is 3.24. The lowest BCUT2D eigenvalue weighted by atomic mass is 10.2. The molecule has 0 unspecified atom stereocenters. The molecular weight excluding hydrogens is 369 g/mol. The summed E-state index contributed by atoms with van der Waals surface area (Å²) in [7, 11) is -3.35. The second-order valence-electron chi connectivity index (χ2n) is 6.30. The molecule has 8 heteroatoms. The maximum Gasteiger partial charge on any atom is 0.282 e. The van der Waals surface area contributed by atoms with E-state index in [1.807, 2.05) is 6.07 Å². The minimum atomic E-state index is -3.35. The molecule has 0 radical (unpaired) electrons. The minimum absolute atomic E-state index is 0.474. The molecule has 0 saturated carbocycles. The summed E-state index contributed by atoms with van der Waals surface area (Å²) in [6.07, 6.45) is 4.15. The van der Waals surface area contributed by atoms with E-state index in [0.717, 1.165) is 31.4 Å². The Morgan fingerprint density at radius 1 is 0.792 bits per heavy atom. The molecule has 2 heterocycles. The average molecular weight is 392 g/mol. The number of anilines is 1. The highest BCUT2D eigenvalue weighted by Gasteiger charge is 2.32. The molecule has 134 valence electrons. The van der Waals surface area contributed by atoms with E-state index in [4.69, 9.17) is 23.2 Å². The monoisotopic (exact) mass is 391 g/mol. The van der Waals surface area contributed by atoms with Gasteiger partial charge < -0.3 is 4.90 Å². The highest BCUT2D eigenvalue weighted by Crippen LogP contribution is 2.30. The molecule has 5 nitrogen and oxygen atoms in total. The molecule has 0 aromatic heterocycles. The molecule has 2 aliphatic rings. The Kier molecular flexibility index (Phi) is 5.93. The number of nitrogens with zero attached hydrogens (tertiary/aromatic N) is 3. The zero-order valence-electron chi connectivity index (χ0n) is 13.6. The van der Waals surface area contributed by atoms with Gasteiger partial charge in [-0.1, -0.05) is 36.0 Å². The van der Waals surface area contributed by atoms with Gasteiger partial charge in [0.1, 0.15) is 0 Å². The Hall–Kier alpha value is -0.530. The Balaban J connectivity index is 1.67. The fraction of sp³-hybridized carbons (Fsp3) is 0.625. The number of rotatable bonds is 3. The van der Waals surface area contributed by atoms with Crippen LogP contribution in [0.3, 0.4) is 0 Å². The van der Waals surface area contributed by atoms with Gasteiger partial charge in [-0.25, -0.2) is 0 Å². The number of benzene rings is 1.